The molecule has 0 aliphatic rings. The summed E-state index contributed by atoms with van der Waals surface area (Å²) in [4.78, 5) is 0. The Bertz CT molecular complexity index is 369. The summed E-state index contributed by atoms with van der Waals surface area (Å²) in [6, 6.07) is 4.98. The predicted octanol–water partition coefficient (Wildman–Crippen LogP) is 1.80. The summed E-state index contributed by atoms with van der Waals surface area (Å²) in [6.45, 7) is 0.0803. The number of nitrogens with one attached hydrogen (secondary N) is 1. The van der Waals surface area contributed by atoms with Gasteiger partial charge in [-0.15, -0.1) is 0 Å². The molecule has 18 heavy (non-hydrogen) atoms. The number of aliphatic hydroxyl groups is 1. The molecule has 0 fully saturated rings. The van der Waals surface area contributed by atoms with Gasteiger partial charge in [0.15, 0.2) is 0 Å². The van der Waals surface area contributed by atoms with Gasteiger partial charge in [0.05, 0.1) is 24.8 Å². The van der Waals surface area contributed by atoms with Gasteiger partial charge in [0.2, 0.25) is 0 Å². The lowest BCUT2D eigenvalue weighted by atomic mass is 10.1. The highest BCUT2D eigenvalue weighted by Crippen LogP contribution is 2.31. The number of ether oxygens (including phenoxy) is 1. The van der Waals surface area contributed by atoms with Crippen molar-refractivity contribution in [2.75, 3.05) is 20.3 Å². The predicted molar refractivity (Wildman–Crippen MR) is 61.0 cm³/mol. The van der Waals surface area contributed by atoms with Crippen molar-refractivity contribution >= 4 is 0 Å². The topological polar surface area (TPSA) is 41.5 Å². The Morgan fingerprint density at radius 2 is 2.00 bits per heavy atom. The van der Waals surface area contributed by atoms with Crippen molar-refractivity contribution in [1.82, 2.24) is 5.32 Å². The Kier molecular flexibility index (Phi) is 5.58. The minimum absolute atomic E-state index is 0.0320. The van der Waals surface area contributed by atoms with Gasteiger partial charge in [-0.2, -0.15) is 13.2 Å². The first-order chi connectivity index (χ1) is 8.49. The van der Waals surface area contributed by atoms with E-state index >= 15 is 0 Å². The van der Waals surface area contributed by atoms with Gasteiger partial charge in [-0.3, -0.25) is 0 Å². The molecular weight excluding hydrogens is 247 g/mol. The number of aliphatic hydroxyl groups excluding tert-OH is 1. The van der Waals surface area contributed by atoms with Crippen molar-refractivity contribution in [1.29, 1.82) is 0 Å². The number of alkyl halides is 3. The molecule has 0 spiro atoms. The van der Waals surface area contributed by atoms with Gasteiger partial charge in [-0.1, -0.05) is 18.2 Å². The molecule has 0 saturated heterocycles. The number of rotatable bonds is 6. The van der Waals surface area contributed by atoms with Gasteiger partial charge < -0.3 is 15.2 Å². The summed E-state index contributed by atoms with van der Waals surface area (Å²) in [5, 5.41) is 11.8. The summed E-state index contributed by atoms with van der Waals surface area (Å²) >= 11 is 0. The fourth-order valence-corrected chi connectivity index (χ4v) is 1.58. The van der Waals surface area contributed by atoms with Crippen molar-refractivity contribution in [2.24, 2.45) is 0 Å². The average molecular weight is 263 g/mol. The summed E-state index contributed by atoms with van der Waals surface area (Å²) in [6.07, 6.45) is -4.37. The van der Waals surface area contributed by atoms with Gasteiger partial charge in [-0.25, -0.2) is 0 Å². The standard InChI is InChI=1S/C12H16F3NO2/c1-18-8-10(7-17)16-6-9-4-2-3-5-11(9)12(13,14)15/h2-5,10,16-17H,6-8H2,1H3/t10-/m0/s1. The highest BCUT2D eigenvalue weighted by atomic mass is 19.4. The fraction of sp³-hybridized carbons (Fsp3) is 0.500. The van der Waals surface area contributed by atoms with Gasteiger partial charge in [0.1, 0.15) is 0 Å². The molecule has 2 N–H and O–H groups in total. The molecule has 1 atom stereocenters. The highest BCUT2D eigenvalue weighted by molar-refractivity contribution is 5.29. The van der Waals surface area contributed by atoms with Crippen molar-refractivity contribution in [2.45, 2.75) is 18.8 Å². The van der Waals surface area contributed by atoms with Crippen LogP contribution in [-0.2, 0) is 17.5 Å². The largest absolute Gasteiger partial charge is 0.416 e. The third-order valence-electron chi connectivity index (χ3n) is 2.49. The minimum Gasteiger partial charge on any atom is -0.395 e. The second kappa shape index (κ2) is 6.72. The number of hydrogen-bond donors (Lipinski definition) is 2. The van der Waals surface area contributed by atoms with E-state index in [1.165, 1.54) is 19.2 Å². The molecule has 1 rings (SSSR count). The van der Waals surface area contributed by atoms with Crippen molar-refractivity contribution in [3.63, 3.8) is 0 Å². The molecule has 6 heteroatoms. The Morgan fingerprint density at radius 1 is 1.33 bits per heavy atom. The third-order valence-corrected chi connectivity index (χ3v) is 2.49. The average Bonchev–Trinajstić information content (AvgIpc) is 2.33. The van der Waals surface area contributed by atoms with Crippen LogP contribution in [0.2, 0.25) is 0 Å². The molecule has 0 amide bonds. The van der Waals surface area contributed by atoms with Crippen LogP contribution in [0.15, 0.2) is 24.3 Å². The lowest BCUT2D eigenvalue weighted by Gasteiger charge is -2.17. The first-order valence-electron chi connectivity index (χ1n) is 5.47. The Morgan fingerprint density at radius 3 is 2.56 bits per heavy atom. The van der Waals surface area contributed by atoms with Gasteiger partial charge in [0.25, 0.3) is 0 Å². The summed E-state index contributed by atoms with van der Waals surface area (Å²) in [7, 11) is 1.47. The van der Waals surface area contributed by atoms with Crippen LogP contribution in [-0.4, -0.2) is 31.5 Å². The van der Waals surface area contributed by atoms with Crippen LogP contribution in [0.1, 0.15) is 11.1 Å². The molecule has 0 bridgehead atoms. The molecule has 0 aromatic heterocycles. The highest BCUT2D eigenvalue weighted by Gasteiger charge is 2.32. The molecule has 1 aromatic rings. The quantitative estimate of drug-likeness (QED) is 0.822. The van der Waals surface area contributed by atoms with Crippen LogP contribution in [0.5, 0.6) is 0 Å². The smallest absolute Gasteiger partial charge is 0.395 e. The maximum Gasteiger partial charge on any atom is 0.416 e. The van der Waals surface area contributed by atoms with E-state index in [0.717, 1.165) is 6.07 Å². The molecule has 0 aliphatic heterocycles. The lowest BCUT2D eigenvalue weighted by molar-refractivity contribution is -0.138. The fourth-order valence-electron chi connectivity index (χ4n) is 1.58. The normalized spacial score (nSPS) is 13.6. The molecule has 0 heterocycles. The van der Waals surface area contributed by atoms with Crippen LogP contribution >= 0.6 is 0 Å². The Labute approximate surface area is 104 Å². The molecule has 1 aromatic carbocycles. The first kappa shape index (κ1) is 14.9. The summed E-state index contributed by atoms with van der Waals surface area (Å²) in [5.41, 5.74) is -0.508. The van der Waals surface area contributed by atoms with E-state index in [1.54, 1.807) is 6.07 Å². The Hall–Kier alpha value is -1.11. The van der Waals surface area contributed by atoms with E-state index in [-0.39, 0.29) is 31.4 Å². The van der Waals surface area contributed by atoms with Gasteiger partial charge in [0, 0.05) is 13.7 Å². The maximum absolute atomic E-state index is 12.7. The number of methoxy groups -OCH3 is 1. The SMILES string of the molecule is COC[C@H](CO)NCc1ccccc1C(F)(F)F. The van der Waals surface area contributed by atoms with Crippen LogP contribution in [0.4, 0.5) is 13.2 Å². The minimum atomic E-state index is -4.37. The van der Waals surface area contributed by atoms with E-state index in [9.17, 15) is 13.2 Å². The third kappa shape index (κ3) is 4.29. The second-order valence-corrected chi connectivity index (χ2v) is 3.87. The lowest BCUT2D eigenvalue weighted by Crippen LogP contribution is -2.36. The maximum atomic E-state index is 12.7. The first-order valence-corrected chi connectivity index (χ1v) is 5.47. The number of halogens is 3. The molecule has 102 valence electrons. The van der Waals surface area contributed by atoms with E-state index in [2.05, 4.69) is 5.32 Å². The van der Waals surface area contributed by atoms with E-state index in [1.807, 2.05) is 0 Å². The van der Waals surface area contributed by atoms with Crippen molar-refractivity contribution in [3.05, 3.63) is 35.4 Å². The number of benzene rings is 1. The van der Waals surface area contributed by atoms with Crippen molar-refractivity contribution in [3.8, 4) is 0 Å². The molecule has 3 nitrogen and oxygen atoms in total. The summed E-state index contributed by atoms with van der Waals surface area (Å²) in [5.74, 6) is 0. The molecule has 0 aliphatic carbocycles. The summed E-state index contributed by atoms with van der Waals surface area (Å²) < 4.78 is 42.9. The van der Waals surface area contributed by atoms with Gasteiger partial charge >= 0.3 is 6.18 Å². The molecular formula is C12H16F3NO2. The van der Waals surface area contributed by atoms with Crippen LogP contribution < -0.4 is 5.32 Å². The van der Waals surface area contributed by atoms with E-state index in [0.29, 0.717) is 0 Å². The number of hydrogen-bond acceptors (Lipinski definition) is 3. The zero-order valence-corrected chi connectivity index (χ0v) is 10.00. The molecule has 0 saturated carbocycles. The van der Waals surface area contributed by atoms with E-state index in [4.69, 9.17) is 9.84 Å². The zero-order valence-electron chi connectivity index (χ0n) is 10.00. The van der Waals surface area contributed by atoms with Crippen molar-refractivity contribution < 1.29 is 23.0 Å². The van der Waals surface area contributed by atoms with E-state index < -0.39 is 11.7 Å². The van der Waals surface area contributed by atoms with Crippen LogP contribution in [0.25, 0.3) is 0 Å². The van der Waals surface area contributed by atoms with Crippen LogP contribution in [0, 0.1) is 0 Å². The Balaban J connectivity index is 2.73. The monoisotopic (exact) mass is 263 g/mol. The van der Waals surface area contributed by atoms with Gasteiger partial charge in [-0.05, 0) is 11.6 Å². The second-order valence-electron chi connectivity index (χ2n) is 3.87. The van der Waals surface area contributed by atoms with Crippen LogP contribution in [0.3, 0.4) is 0 Å². The zero-order chi connectivity index (χ0) is 13.6. The molecule has 0 unspecified atom stereocenters. The molecule has 0 radical (unpaired) electrons.